The highest BCUT2D eigenvalue weighted by molar-refractivity contribution is 5.94. The molecule has 0 spiro atoms. The van der Waals surface area contributed by atoms with Gasteiger partial charge >= 0.3 is 0 Å². The SMILES string of the molecule is CC1CN(C)CCC1NC(=O)c1ccc(C#N)cc1. The van der Waals surface area contributed by atoms with E-state index in [2.05, 4.69) is 24.2 Å². The highest BCUT2D eigenvalue weighted by Crippen LogP contribution is 2.16. The van der Waals surface area contributed by atoms with Crippen LogP contribution in [0.5, 0.6) is 0 Å². The van der Waals surface area contributed by atoms with Crippen molar-refractivity contribution in [3.05, 3.63) is 35.4 Å². The van der Waals surface area contributed by atoms with E-state index in [9.17, 15) is 4.79 Å². The maximum Gasteiger partial charge on any atom is 0.251 e. The van der Waals surface area contributed by atoms with E-state index in [0.29, 0.717) is 17.0 Å². The predicted molar refractivity (Wildman–Crippen MR) is 73.7 cm³/mol. The van der Waals surface area contributed by atoms with Crippen molar-refractivity contribution in [2.24, 2.45) is 5.92 Å². The Morgan fingerprint density at radius 3 is 2.68 bits per heavy atom. The molecule has 1 aliphatic heterocycles. The van der Waals surface area contributed by atoms with Gasteiger partial charge in [-0.3, -0.25) is 4.79 Å². The van der Waals surface area contributed by atoms with Crippen LogP contribution in [-0.4, -0.2) is 37.0 Å². The molecule has 1 aromatic carbocycles. The second kappa shape index (κ2) is 5.85. The van der Waals surface area contributed by atoms with E-state index in [1.54, 1.807) is 24.3 Å². The van der Waals surface area contributed by atoms with Crippen molar-refractivity contribution in [2.75, 3.05) is 20.1 Å². The van der Waals surface area contributed by atoms with E-state index in [1.165, 1.54) is 0 Å². The van der Waals surface area contributed by atoms with Crippen LogP contribution >= 0.6 is 0 Å². The predicted octanol–water partition coefficient (Wildman–Crippen LogP) is 1.63. The molecule has 100 valence electrons. The minimum Gasteiger partial charge on any atom is -0.349 e. The molecule has 0 bridgehead atoms. The highest BCUT2D eigenvalue weighted by atomic mass is 16.1. The van der Waals surface area contributed by atoms with Crippen molar-refractivity contribution in [1.82, 2.24) is 10.2 Å². The maximum atomic E-state index is 12.1. The molecular weight excluding hydrogens is 238 g/mol. The Morgan fingerprint density at radius 1 is 1.42 bits per heavy atom. The molecule has 2 rings (SSSR count). The van der Waals surface area contributed by atoms with Crippen molar-refractivity contribution in [3.8, 4) is 6.07 Å². The normalized spacial score (nSPS) is 23.6. The number of hydrogen-bond acceptors (Lipinski definition) is 3. The van der Waals surface area contributed by atoms with Crippen LogP contribution < -0.4 is 5.32 Å². The molecule has 2 unspecified atom stereocenters. The second-order valence-corrected chi connectivity index (χ2v) is 5.30. The molecule has 1 heterocycles. The Kier molecular flexibility index (Phi) is 4.18. The summed E-state index contributed by atoms with van der Waals surface area (Å²) in [4.78, 5) is 14.4. The smallest absolute Gasteiger partial charge is 0.251 e. The van der Waals surface area contributed by atoms with Gasteiger partial charge in [-0.2, -0.15) is 5.26 Å². The minimum atomic E-state index is -0.0501. The summed E-state index contributed by atoms with van der Waals surface area (Å²) >= 11 is 0. The van der Waals surface area contributed by atoms with Crippen molar-refractivity contribution >= 4 is 5.91 Å². The average Bonchev–Trinajstić information content (AvgIpc) is 2.42. The molecule has 1 amide bonds. The Hall–Kier alpha value is -1.86. The fraction of sp³-hybridized carbons (Fsp3) is 0.467. The monoisotopic (exact) mass is 257 g/mol. The number of nitriles is 1. The third kappa shape index (κ3) is 3.33. The third-order valence-electron chi connectivity index (χ3n) is 3.70. The zero-order valence-electron chi connectivity index (χ0n) is 11.4. The van der Waals surface area contributed by atoms with E-state index in [1.807, 2.05) is 6.07 Å². The lowest BCUT2D eigenvalue weighted by molar-refractivity contribution is 0.0884. The number of nitrogens with zero attached hydrogens (tertiary/aromatic N) is 2. The summed E-state index contributed by atoms with van der Waals surface area (Å²) in [5.41, 5.74) is 1.19. The summed E-state index contributed by atoms with van der Waals surface area (Å²) in [7, 11) is 2.11. The number of hydrogen-bond donors (Lipinski definition) is 1. The first-order chi connectivity index (χ1) is 9.10. The molecule has 2 atom stereocenters. The molecule has 1 saturated heterocycles. The van der Waals surface area contributed by atoms with Gasteiger partial charge in [-0.1, -0.05) is 6.92 Å². The van der Waals surface area contributed by atoms with E-state index in [-0.39, 0.29) is 11.9 Å². The highest BCUT2D eigenvalue weighted by Gasteiger charge is 2.25. The van der Waals surface area contributed by atoms with Gasteiger partial charge < -0.3 is 10.2 Å². The van der Waals surface area contributed by atoms with Crippen LogP contribution in [0.15, 0.2) is 24.3 Å². The standard InChI is InChI=1S/C15H19N3O/c1-11-10-18(2)8-7-14(11)17-15(19)13-5-3-12(9-16)4-6-13/h3-6,11,14H,7-8,10H2,1-2H3,(H,17,19). The van der Waals surface area contributed by atoms with Crippen molar-refractivity contribution in [2.45, 2.75) is 19.4 Å². The molecule has 0 aliphatic carbocycles. The largest absolute Gasteiger partial charge is 0.349 e. The van der Waals surface area contributed by atoms with E-state index >= 15 is 0 Å². The number of rotatable bonds is 2. The van der Waals surface area contributed by atoms with Gasteiger partial charge in [-0.25, -0.2) is 0 Å². The molecular formula is C15H19N3O. The van der Waals surface area contributed by atoms with Crippen molar-refractivity contribution in [3.63, 3.8) is 0 Å². The summed E-state index contributed by atoms with van der Waals surface area (Å²) in [5.74, 6) is 0.409. The number of likely N-dealkylation sites (tertiary alicyclic amines) is 1. The van der Waals surface area contributed by atoms with Gasteiger partial charge in [0.1, 0.15) is 0 Å². The Bertz CT molecular complexity index is 489. The maximum absolute atomic E-state index is 12.1. The molecule has 1 N–H and O–H groups in total. The zero-order chi connectivity index (χ0) is 13.8. The minimum absolute atomic E-state index is 0.0501. The molecule has 4 heteroatoms. The molecule has 0 aromatic heterocycles. The molecule has 4 nitrogen and oxygen atoms in total. The summed E-state index contributed by atoms with van der Waals surface area (Å²) in [5, 5.41) is 11.8. The van der Waals surface area contributed by atoms with Crippen LogP contribution in [0.25, 0.3) is 0 Å². The lowest BCUT2D eigenvalue weighted by Gasteiger charge is -2.35. The summed E-state index contributed by atoms with van der Waals surface area (Å²) < 4.78 is 0. The topological polar surface area (TPSA) is 56.1 Å². The lowest BCUT2D eigenvalue weighted by Crippen LogP contribution is -2.48. The van der Waals surface area contributed by atoms with Crippen molar-refractivity contribution < 1.29 is 4.79 Å². The van der Waals surface area contributed by atoms with Crippen LogP contribution in [0.2, 0.25) is 0 Å². The fourth-order valence-electron chi connectivity index (χ4n) is 2.52. The van der Waals surface area contributed by atoms with Gasteiger partial charge in [-0.15, -0.1) is 0 Å². The molecule has 0 radical (unpaired) electrons. The Balaban J connectivity index is 1.98. The van der Waals surface area contributed by atoms with Gasteiger partial charge in [0.2, 0.25) is 0 Å². The van der Waals surface area contributed by atoms with Gasteiger partial charge in [-0.05, 0) is 50.2 Å². The third-order valence-corrected chi connectivity index (χ3v) is 3.70. The van der Waals surface area contributed by atoms with Crippen LogP contribution in [0, 0.1) is 17.2 Å². The molecule has 1 fully saturated rings. The Morgan fingerprint density at radius 2 is 2.11 bits per heavy atom. The molecule has 0 saturated carbocycles. The van der Waals surface area contributed by atoms with Gasteiger partial charge in [0.05, 0.1) is 11.6 Å². The fourth-order valence-corrected chi connectivity index (χ4v) is 2.52. The summed E-state index contributed by atoms with van der Waals surface area (Å²) in [6, 6.07) is 9.04. The lowest BCUT2D eigenvalue weighted by atomic mass is 9.94. The van der Waals surface area contributed by atoms with Gasteiger partial charge in [0.15, 0.2) is 0 Å². The molecule has 1 aromatic rings. The summed E-state index contributed by atoms with van der Waals surface area (Å²) in [6.45, 7) is 4.19. The van der Waals surface area contributed by atoms with Gasteiger partial charge in [0.25, 0.3) is 5.91 Å². The average molecular weight is 257 g/mol. The number of nitrogens with one attached hydrogen (secondary N) is 1. The first-order valence-electron chi connectivity index (χ1n) is 6.59. The van der Waals surface area contributed by atoms with Gasteiger partial charge in [0, 0.05) is 18.2 Å². The first kappa shape index (κ1) is 13.6. The van der Waals surface area contributed by atoms with Crippen LogP contribution in [0.4, 0.5) is 0 Å². The van der Waals surface area contributed by atoms with Crippen LogP contribution in [0.1, 0.15) is 29.3 Å². The first-order valence-corrected chi connectivity index (χ1v) is 6.59. The van der Waals surface area contributed by atoms with Crippen LogP contribution in [0.3, 0.4) is 0 Å². The Labute approximate surface area is 114 Å². The number of piperidine rings is 1. The number of carbonyl (C=O) groups excluding carboxylic acids is 1. The second-order valence-electron chi connectivity index (χ2n) is 5.30. The van der Waals surface area contributed by atoms with Crippen molar-refractivity contribution in [1.29, 1.82) is 5.26 Å². The molecule has 19 heavy (non-hydrogen) atoms. The zero-order valence-corrected chi connectivity index (χ0v) is 11.4. The number of carbonyl (C=O) groups is 1. The van der Waals surface area contributed by atoms with E-state index in [0.717, 1.165) is 19.5 Å². The van der Waals surface area contributed by atoms with E-state index in [4.69, 9.17) is 5.26 Å². The van der Waals surface area contributed by atoms with Crippen LogP contribution in [-0.2, 0) is 0 Å². The number of benzene rings is 1. The summed E-state index contributed by atoms with van der Waals surface area (Å²) in [6.07, 6.45) is 0.986. The number of amides is 1. The quantitative estimate of drug-likeness (QED) is 0.876. The van der Waals surface area contributed by atoms with E-state index < -0.39 is 0 Å². The molecule has 1 aliphatic rings.